The highest BCUT2D eigenvalue weighted by Crippen LogP contribution is 2.30. The molecule has 0 bridgehead atoms. The number of hydrogen-bond donors (Lipinski definition) is 3. The van der Waals surface area contributed by atoms with Gasteiger partial charge >= 0.3 is 17.9 Å². The van der Waals surface area contributed by atoms with Gasteiger partial charge in [-0.25, -0.2) is 9.59 Å². The van der Waals surface area contributed by atoms with E-state index in [-0.39, 0.29) is 61.3 Å². The Morgan fingerprint density at radius 2 is 1.44 bits per heavy atom. The summed E-state index contributed by atoms with van der Waals surface area (Å²) >= 11 is 0. The van der Waals surface area contributed by atoms with Crippen LogP contribution >= 0.6 is 0 Å². The molecule has 1 aromatic heterocycles. The van der Waals surface area contributed by atoms with Crippen LogP contribution in [0.5, 0.6) is 11.5 Å². The monoisotopic (exact) mass is 960 g/mol. The second kappa shape index (κ2) is 27.1. The summed E-state index contributed by atoms with van der Waals surface area (Å²) in [5.74, 6) is -4.11. The van der Waals surface area contributed by atoms with Gasteiger partial charge in [-0.15, -0.1) is 0 Å². The number of hydrogen-bond acceptors (Lipinski definition) is 13. The minimum atomic E-state index is -1.41. The fourth-order valence-electron chi connectivity index (χ4n) is 7.46. The smallest absolute Gasteiger partial charge is 0.363 e. The lowest BCUT2D eigenvalue weighted by Gasteiger charge is -2.32. The molecule has 3 N–H and O–H groups in total. The average Bonchev–Trinajstić information content (AvgIpc) is 3.88. The molecule has 0 radical (unpaired) electrons. The van der Waals surface area contributed by atoms with E-state index in [1.54, 1.807) is 93.6 Å². The number of nitrogens with one attached hydrogen (secondary N) is 3. The molecule has 4 aromatic carbocycles. The Bertz CT molecular complexity index is 2550. The number of furan rings is 1. The van der Waals surface area contributed by atoms with Crippen LogP contribution in [0.4, 0.5) is 0 Å². The predicted molar refractivity (Wildman–Crippen MR) is 257 cm³/mol. The van der Waals surface area contributed by atoms with E-state index in [0.717, 1.165) is 23.5 Å². The molecule has 0 fully saturated rings. The Labute approximate surface area is 407 Å². The number of nitrogens with zero attached hydrogens (tertiary/aromatic N) is 1. The first-order chi connectivity index (χ1) is 33.9. The first kappa shape index (κ1) is 53.0. The van der Waals surface area contributed by atoms with E-state index in [4.69, 9.17) is 28.2 Å². The van der Waals surface area contributed by atoms with Crippen LogP contribution in [0, 0.1) is 12.8 Å². The van der Waals surface area contributed by atoms with Crippen molar-refractivity contribution in [3.63, 3.8) is 0 Å². The zero-order valence-corrected chi connectivity index (χ0v) is 40.0. The van der Waals surface area contributed by atoms with Crippen LogP contribution < -0.4 is 25.4 Å². The van der Waals surface area contributed by atoms with E-state index in [2.05, 4.69) is 16.0 Å². The lowest BCUT2D eigenvalue weighted by Crippen LogP contribution is -2.49. The molecule has 70 heavy (non-hydrogen) atoms. The summed E-state index contributed by atoms with van der Waals surface area (Å²) in [6.07, 6.45) is 2.92. The van der Waals surface area contributed by atoms with Gasteiger partial charge in [-0.2, -0.15) is 5.06 Å². The highest BCUT2D eigenvalue weighted by Gasteiger charge is 2.34. The summed E-state index contributed by atoms with van der Waals surface area (Å²) in [6, 6.07) is 28.1. The standard InChI is InChI=1S/C53H60N4O13/c1-6-9-12-21-41(44(7-2)57(34-58)70-52(63)40-25-23-39(65-5)28-35(40)4)49(60)54-33-55-51(62)46-27-26-45(69-46)38-22-24-42(47(29-38)66-8-3)50(61)56-43(53(64)68-32-37-19-15-11-16-20-37)30-48(59)67-31-36-17-13-10-14-18-36/h10-11,13-20,22-29,34,41,43-44H,6-9,12,21,30-33H2,1-5H3,(H,54,60)(H,55,62)(H,56,61)/t41-,43+,44-/m1/s1. The molecule has 0 saturated heterocycles. The molecule has 4 amide bonds. The SMILES string of the molecule is CCCCC[C@@H](C(=O)NCNC(=O)c1ccc(-c2ccc(C(=O)N[C@@H](CC(=O)OCc3ccccc3)C(=O)OCc3ccccc3)c(OCC)c2)o1)[C@@H](CC)N(C=O)OC(=O)c1ccc(OC)cc1C. The summed E-state index contributed by atoms with van der Waals surface area (Å²) in [4.78, 5) is 98.3. The van der Waals surface area contributed by atoms with Gasteiger partial charge in [0.1, 0.15) is 36.5 Å². The van der Waals surface area contributed by atoms with Crippen LogP contribution in [0.3, 0.4) is 0 Å². The first-order valence-electron chi connectivity index (χ1n) is 23.1. The molecule has 0 spiro atoms. The number of carbonyl (C=O) groups excluding carboxylic acids is 7. The number of methoxy groups -OCH3 is 1. The normalized spacial score (nSPS) is 12.0. The van der Waals surface area contributed by atoms with Gasteiger partial charge in [0.25, 0.3) is 11.8 Å². The van der Waals surface area contributed by atoms with Gasteiger partial charge in [0.05, 0.1) is 49.9 Å². The Balaban J connectivity index is 1.23. The van der Waals surface area contributed by atoms with Crippen molar-refractivity contribution in [2.45, 2.75) is 91.5 Å². The van der Waals surface area contributed by atoms with Gasteiger partial charge in [0, 0.05) is 5.56 Å². The van der Waals surface area contributed by atoms with Crippen LogP contribution in [0.25, 0.3) is 11.3 Å². The molecule has 17 heteroatoms. The molecule has 0 aliphatic heterocycles. The second-order valence-corrected chi connectivity index (χ2v) is 16.1. The highest BCUT2D eigenvalue weighted by atomic mass is 16.7. The van der Waals surface area contributed by atoms with Crippen LogP contribution in [0.15, 0.2) is 114 Å². The van der Waals surface area contributed by atoms with Crippen molar-refractivity contribution in [3.8, 4) is 22.8 Å². The maximum atomic E-state index is 13.8. The number of carbonyl (C=O) groups is 7. The number of rotatable bonds is 27. The number of benzene rings is 4. The van der Waals surface area contributed by atoms with Gasteiger partial charge < -0.3 is 44.2 Å². The molecule has 0 saturated carbocycles. The highest BCUT2D eigenvalue weighted by molar-refractivity contribution is 6.00. The first-order valence-corrected chi connectivity index (χ1v) is 23.1. The minimum Gasteiger partial charge on any atom is -0.497 e. The molecule has 17 nitrogen and oxygen atoms in total. The maximum Gasteiger partial charge on any atom is 0.363 e. The quantitative estimate of drug-likeness (QED) is 0.0152. The summed E-state index contributed by atoms with van der Waals surface area (Å²) in [6.45, 7) is 6.99. The van der Waals surface area contributed by atoms with Crippen molar-refractivity contribution in [2.75, 3.05) is 20.4 Å². The maximum absolute atomic E-state index is 13.8. The van der Waals surface area contributed by atoms with Gasteiger partial charge in [-0.3, -0.25) is 24.0 Å². The number of unbranched alkanes of at least 4 members (excludes halogenated alkanes) is 2. The number of ether oxygens (including phenoxy) is 4. The molecule has 3 atom stereocenters. The Morgan fingerprint density at radius 3 is 2.07 bits per heavy atom. The van der Waals surface area contributed by atoms with Crippen LogP contribution in [-0.2, 0) is 46.7 Å². The molecule has 0 aliphatic carbocycles. The average molecular weight is 961 g/mol. The number of amides is 4. The largest absolute Gasteiger partial charge is 0.497 e. The molecule has 0 aliphatic rings. The molecule has 5 aromatic rings. The van der Waals surface area contributed by atoms with E-state index in [9.17, 15) is 33.6 Å². The Hall–Kier alpha value is -7.95. The van der Waals surface area contributed by atoms with Crippen molar-refractivity contribution < 1.29 is 61.8 Å². The van der Waals surface area contributed by atoms with E-state index < -0.39 is 60.1 Å². The zero-order chi connectivity index (χ0) is 50.4. The van der Waals surface area contributed by atoms with Gasteiger partial charge in [0.2, 0.25) is 12.3 Å². The number of aryl methyl sites for hydroxylation is 1. The van der Waals surface area contributed by atoms with Gasteiger partial charge in [0.15, 0.2) is 5.76 Å². The minimum absolute atomic E-state index is 0.0298. The van der Waals surface area contributed by atoms with E-state index in [1.807, 2.05) is 19.1 Å². The second-order valence-electron chi connectivity index (χ2n) is 16.1. The lowest BCUT2D eigenvalue weighted by atomic mass is 9.90. The van der Waals surface area contributed by atoms with Crippen molar-refractivity contribution in [2.24, 2.45) is 5.92 Å². The number of esters is 2. The fraction of sp³-hybridized carbons (Fsp3) is 0.340. The molecular weight excluding hydrogens is 901 g/mol. The summed E-state index contributed by atoms with van der Waals surface area (Å²) in [5.41, 5.74) is 2.75. The van der Waals surface area contributed by atoms with Crippen molar-refractivity contribution >= 4 is 42.0 Å². The van der Waals surface area contributed by atoms with Crippen LogP contribution in [0.2, 0.25) is 0 Å². The third-order valence-electron chi connectivity index (χ3n) is 11.2. The van der Waals surface area contributed by atoms with Crippen molar-refractivity contribution in [1.82, 2.24) is 21.0 Å². The summed E-state index contributed by atoms with van der Waals surface area (Å²) in [7, 11) is 1.51. The number of hydroxylamine groups is 2. The molecule has 1 heterocycles. The van der Waals surface area contributed by atoms with Gasteiger partial charge in [-0.05, 0) is 85.8 Å². The molecular formula is C53H60N4O13. The zero-order valence-electron chi connectivity index (χ0n) is 40.0. The third-order valence-corrected chi connectivity index (χ3v) is 11.2. The van der Waals surface area contributed by atoms with Crippen LogP contribution in [-0.4, -0.2) is 79.6 Å². The fourth-order valence-corrected chi connectivity index (χ4v) is 7.46. The molecule has 0 unspecified atom stereocenters. The van der Waals surface area contributed by atoms with E-state index >= 15 is 0 Å². The van der Waals surface area contributed by atoms with E-state index in [0.29, 0.717) is 41.7 Å². The summed E-state index contributed by atoms with van der Waals surface area (Å²) in [5, 5.41) is 8.85. The predicted octanol–water partition coefficient (Wildman–Crippen LogP) is 7.65. The Morgan fingerprint density at radius 1 is 0.757 bits per heavy atom. The molecule has 5 rings (SSSR count). The van der Waals surface area contributed by atoms with Gasteiger partial charge in [-0.1, -0.05) is 99.8 Å². The van der Waals surface area contributed by atoms with E-state index in [1.165, 1.54) is 31.4 Å². The molecule has 370 valence electrons. The Kier molecular flexibility index (Phi) is 20.6. The lowest BCUT2D eigenvalue weighted by molar-refractivity contribution is -0.171. The van der Waals surface area contributed by atoms with Crippen LogP contribution in [0.1, 0.15) is 107 Å². The van der Waals surface area contributed by atoms with Crippen molar-refractivity contribution in [3.05, 3.63) is 143 Å². The van der Waals surface area contributed by atoms with Crippen molar-refractivity contribution in [1.29, 1.82) is 0 Å². The third kappa shape index (κ3) is 15.3. The summed E-state index contributed by atoms with van der Waals surface area (Å²) < 4.78 is 27.9. The topological polar surface area (TPSA) is 218 Å².